The van der Waals surface area contributed by atoms with Crippen molar-refractivity contribution in [1.29, 1.82) is 0 Å². The molecular formula is C17H21N5O9S2. The highest BCUT2D eigenvalue weighted by atomic mass is 32.3. The van der Waals surface area contributed by atoms with Crippen LogP contribution in [0, 0.1) is 0 Å². The van der Waals surface area contributed by atoms with E-state index in [1.807, 2.05) is 4.72 Å². The number of rotatable bonds is 9. The summed E-state index contributed by atoms with van der Waals surface area (Å²) in [6, 6.07) is 4.56. The Bertz CT molecular complexity index is 1210. The smallest absolute Gasteiger partial charge is 0.337 e. The number of aromatic nitrogens is 2. The fourth-order valence-electron chi connectivity index (χ4n) is 2.51. The first-order chi connectivity index (χ1) is 15.5. The lowest BCUT2D eigenvalue weighted by Crippen LogP contribution is -2.42. The maximum Gasteiger partial charge on any atom is 0.337 e. The maximum absolute atomic E-state index is 12.9. The van der Waals surface area contributed by atoms with Gasteiger partial charge in [-0.05, 0) is 24.7 Å². The third-order valence-corrected chi connectivity index (χ3v) is 8.24. The van der Waals surface area contributed by atoms with Crippen molar-refractivity contribution in [2.45, 2.75) is 4.58 Å². The van der Waals surface area contributed by atoms with Crippen LogP contribution in [0.3, 0.4) is 0 Å². The third-order valence-electron chi connectivity index (χ3n) is 4.01. The minimum absolute atomic E-state index is 0.0151. The number of nitrogens with zero attached hydrogens (tertiary/aromatic N) is 2. The molecule has 0 aliphatic rings. The predicted octanol–water partition coefficient (Wildman–Crippen LogP) is -0.0203. The Balaban J connectivity index is 2.36. The molecule has 0 saturated carbocycles. The summed E-state index contributed by atoms with van der Waals surface area (Å²) in [6.45, 7) is 0. The second kappa shape index (κ2) is 10.4. The highest BCUT2D eigenvalue weighted by molar-refractivity contribution is 8.06. The average molecular weight is 504 g/mol. The fraction of sp³-hybridized carbons (Fsp3) is 0.294. The van der Waals surface area contributed by atoms with Gasteiger partial charge in [0, 0.05) is 0 Å². The summed E-state index contributed by atoms with van der Waals surface area (Å²) < 4.78 is 66.5. The number of methoxy groups -OCH3 is 3. The SMILES string of the molecule is CNS(=O)(=O)C(c1ccc(C(=O)OC)cc1)S(=O)(=O)NC(=O)Nc1nc(OC)cc(OC)n1. The molecule has 16 heteroatoms. The Morgan fingerprint density at radius 3 is 1.91 bits per heavy atom. The average Bonchev–Trinajstić information content (AvgIpc) is 2.77. The molecule has 1 atom stereocenters. The van der Waals surface area contributed by atoms with Crippen LogP contribution in [0.25, 0.3) is 0 Å². The van der Waals surface area contributed by atoms with Crippen LogP contribution in [0.1, 0.15) is 20.5 Å². The van der Waals surface area contributed by atoms with Gasteiger partial charge >= 0.3 is 12.0 Å². The number of urea groups is 1. The van der Waals surface area contributed by atoms with E-state index in [2.05, 4.69) is 20.0 Å². The van der Waals surface area contributed by atoms with Crippen LogP contribution < -0.4 is 24.2 Å². The largest absolute Gasteiger partial charge is 0.481 e. The van der Waals surface area contributed by atoms with Gasteiger partial charge in [-0.2, -0.15) is 9.97 Å². The van der Waals surface area contributed by atoms with E-state index in [1.165, 1.54) is 32.4 Å². The van der Waals surface area contributed by atoms with Crippen molar-refractivity contribution in [2.24, 2.45) is 0 Å². The van der Waals surface area contributed by atoms with Crippen molar-refractivity contribution in [2.75, 3.05) is 33.7 Å². The molecule has 0 aliphatic heterocycles. The number of ether oxygens (including phenoxy) is 3. The normalized spacial score (nSPS) is 12.4. The molecule has 2 rings (SSSR count). The monoisotopic (exact) mass is 503 g/mol. The second-order valence-electron chi connectivity index (χ2n) is 6.07. The van der Waals surface area contributed by atoms with Crippen LogP contribution >= 0.6 is 0 Å². The second-order valence-corrected chi connectivity index (χ2v) is 10.1. The number of carbonyl (C=O) groups is 2. The molecule has 1 aromatic heterocycles. The molecule has 0 fully saturated rings. The Hall–Kier alpha value is -3.50. The van der Waals surface area contributed by atoms with Gasteiger partial charge < -0.3 is 14.2 Å². The molecule has 14 nitrogen and oxygen atoms in total. The lowest BCUT2D eigenvalue weighted by molar-refractivity contribution is 0.0600. The maximum atomic E-state index is 12.9. The summed E-state index contributed by atoms with van der Waals surface area (Å²) in [5.74, 6) is -1.04. The van der Waals surface area contributed by atoms with E-state index >= 15 is 0 Å². The van der Waals surface area contributed by atoms with Crippen LogP contribution in [0.5, 0.6) is 11.8 Å². The number of esters is 1. The molecule has 2 aromatic rings. The molecule has 0 radical (unpaired) electrons. The molecule has 0 aliphatic carbocycles. The molecule has 0 spiro atoms. The minimum Gasteiger partial charge on any atom is -0.481 e. The lowest BCUT2D eigenvalue weighted by Gasteiger charge is -2.19. The molecular weight excluding hydrogens is 482 g/mol. The van der Waals surface area contributed by atoms with E-state index in [-0.39, 0.29) is 28.8 Å². The number of anilines is 1. The van der Waals surface area contributed by atoms with Crippen molar-refractivity contribution in [3.63, 3.8) is 0 Å². The highest BCUT2D eigenvalue weighted by Gasteiger charge is 2.40. The quantitative estimate of drug-likeness (QED) is 0.389. The summed E-state index contributed by atoms with van der Waals surface area (Å²) in [6.07, 6.45) is 0. The molecule has 1 heterocycles. The van der Waals surface area contributed by atoms with E-state index < -0.39 is 36.6 Å². The number of carbonyl (C=O) groups excluding carboxylic acids is 2. The van der Waals surface area contributed by atoms with Crippen molar-refractivity contribution in [3.8, 4) is 11.8 Å². The van der Waals surface area contributed by atoms with E-state index in [9.17, 15) is 26.4 Å². The molecule has 2 amide bonds. The number of hydrogen-bond donors (Lipinski definition) is 3. The summed E-state index contributed by atoms with van der Waals surface area (Å²) >= 11 is 0. The van der Waals surface area contributed by atoms with Crippen LogP contribution in [-0.4, -0.2) is 67.2 Å². The van der Waals surface area contributed by atoms with Gasteiger partial charge in [0.2, 0.25) is 32.3 Å². The summed E-state index contributed by atoms with van der Waals surface area (Å²) in [5, 5.41) is 2.07. The molecule has 33 heavy (non-hydrogen) atoms. The van der Waals surface area contributed by atoms with Crippen LogP contribution in [0.4, 0.5) is 10.7 Å². The van der Waals surface area contributed by atoms with Crippen LogP contribution in [-0.2, 0) is 24.8 Å². The molecule has 180 valence electrons. The zero-order valence-electron chi connectivity index (χ0n) is 17.8. The van der Waals surface area contributed by atoms with Gasteiger partial charge in [0.15, 0.2) is 0 Å². The van der Waals surface area contributed by atoms with E-state index in [1.54, 1.807) is 4.72 Å². The standard InChI is InChI=1S/C17H21N5O9S2/c1-18-32(25,26)15(11-7-5-10(6-8-11)14(23)31-4)33(27,28)22-17(24)21-16-19-12(29-2)9-13(20-16)30-3/h5-9,15,18H,1-4H3,(H2,19,20,21,22,24). The van der Waals surface area contributed by atoms with Gasteiger partial charge in [-0.25, -0.2) is 35.9 Å². The van der Waals surface area contributed by atoms with Crippen molar-refractivity contribution < 1.29 is 40.6 Å². The lowest BCUT2D eigenvalue weighted by atomic mass is 10.1. The molecule has 3 N–H and O–H groups in total. The van der Waals surface area contributed by atoms with Crippen molar-refractivity contribution in [1.82, 2.24) is 19.4 Å². The first kappa shape index (κ1) is 25.8. The summed E-state index contributed by atoms with van der Waals surface area (Å²) in [7, 11) is -4.64. The van der Waals surface area contributed by atoms with Gasteiger partial charge in [-0.3, -0.25) is 5.32 Å². The van der Waals surface area contributed by atoms with Crippen LogP contribution in [0.2, 0.25) is 0 Å². The Kier molecular flexibility index (Phi) is 8.13. The number of sulfonamides is 2. The van der Waals surface area contributed by atoms with Crippen molar-refractivity contribution >= 4 is 38.0 Å². The van der Waals surface area contributed by atoms with E-state index in [0.717, 1.165) is 26.3 Å². The summed E-state index contributed by atoms with van der Waals surface area (Å²) in [4.78, 5) is 31.5. The van der Waals surface area contributed by atoms with Gasteiger partial charge in [0.25, 0.3) is 10.0 Å². The topological polar surface area (TPSA) is 192 Å². The van der Waals surface area contributed by atoms with E-state index in [4.69, 9.17) is 9.47 Å². The van der Waals surface area contributed by atoms with E-state index in [0.29, 0.717) is 0 Å². The van der Waals surface area contributed by atoms with Crippen molar-refractivity contribution in [3.05, 3.63) is 41.5 Å². The molecule has 0 saturated heterocycles. The number of nitrogens with one attached hydrogen (secondary N) is 3. The number of benzene rings is 1. The zero-order valence-corrected chi connectivity index (χ0v) is 19.5. The zero-order chi connectivity index (χ0) is 24.8. The van der Waals surface area contributed by atoms with Gasteiger partial charge in [-0.1, -0.05) is 12.1 Å². The Morgan fingerprint density at radius 1 is 0.909 bits per heavy atom. The first-order valence-corrected chi connectivity index (χ1v) is 12.0. The Morgan fingerprint density at radius 2 is 1.45 bits per heavy atom. The third kappa shape index (κ3) is 6.27. The molecule has 1 unspecified atom stereocenters. The van der Waals surface area contributed by atoms with Gasteiger partial charge in [0.1, 0.15) is 0 Å². The number of amides is 2. The van der Waals surface area contributed by atoms with Gasteiger partial charge in [-0.15, -0.1) is 0 Å². The van der Waals surface area contributed by atoms with Crippen LogP contribution in [0.15, 0.2) is 30.3 Å². The first-order valence-electron chi connectivity index (χ1n) is 8.87. The highest BCUT2D eigenvalue weighted by Crippen LogP contribution is 2.27. The molecule has 1 aromatic carbocycles. The summed E-state index contributed by atoms with van der Waals surface area (Å²) in [5.41, 5.74) is -0.175. The van der Waals surface area contributed by atoms with Gasteiger partial charge in [0.05, 0.1) is 33.0 Å². The fourth-order valence-corrected chi connectivity index (χ4v) is 5.93. The molecule has 0 bridgehead atoms. The Labute approximate surface area is 189 Å². The minimum atomic E-state index is -4.88. The number of hydrogen-bond acceptors (Lipinski definition) is 11. The predicted molar refractivity (Wildman–Crippen MR) is 115 cm³/mol.